The Kier molecular flexibility index (Phi) is 4.03. The van der Waals surface area contributed by atoms with E-state index < -0.39 is 0 Å². The van der Waals surface area contributed by atoms with Gasteiger partial charge in [0, 0.05) is 12.3 Å². The molecule has 0 saturated heterocycles. The van der Waals surface area contributed by atoms with Crippen LogP contribution in [0.3, 0.4) is 0 Å². The van der Waals surface area contributed by atoms with Gasteiger partial charge in [0.25, 0.3) is 0 Å². The Labute approximate surface area is 89.3 Å². The highest BCUT2D eigenvalue weighted by Gasteiger charge is 2.16. The SMILES string of the molecule is CC(=O)C(CCC(N)=O)c1ccccc1. The van der Waals surface area contributed by atoms with Crippen LogP contribution in [0, 0.1) is 0 Å². The van der Waals surface area contributed by atoms with Crippen molar-refractivity contribution in [3.8, 4) is 0 Å². The fourth-order valence-electron chi connectivity index (χ4n) is 1.58. The van der Waals surface area contributed by atoms with Crippen molar-refractivity contribution in [1.29, 1.82) is 0 Å². The summed E-state index contributed by atoms with van der Waals surface area (Å²) < 4.78 is 0. The van der Waals surface area contributed by atoms with Crippen molar-refractivity contribution >= 4 is 11.7 Å². The molecule has 0 aliphatic heterocycles. The zero-order valence-corrected chi connectivity index (χ0v) is 8.77. The number of carbonyl (C=O) groups excluding carboxylic acids is 2. The van der Waals surface area contributed by atoms with Crippen LogP contribution in [-0.2, 0) is 9.59 Å². The Morgan fingerprint density at radius 3 is 2.33 bits per heavy atom. The number of benzene rings is 1. The van der Waals surface area contributed by atoms with Gasteiger partial charge in [0.15, 0.2) is 0 Å². The highest BCUT2D eigenvalue weighted by atomic mass is 16.1. The van der Waals surface area contributed by atoms with E-state index in [4.69, 9.17) is 5.73 Å². The second-order valence-electron chi connectivity index (χ2n) is 3.58. The zero-order chi connectivity index (χ0) is 11.3. The molecule has 1 aromatic carbocycles. The molecule has 0 radical (unpaired) electrons. The molecule has 0 aliphatic carbocycles. The molecule has 0 fully saturated rings. The minimum absolute atomic E-state index is 0.0717. The number of Topliss-reactive ketones (excluding diaryl/α,β-unsaturated/α-hetero) is 1. The minimum atomic E-state index is -0.364. The first kappa shape index (κ1) is 11.4. The molecule has 80 valence electrons. The van der Waals surface area contributed by atoms with Crippen molar-refractivity contribution < 1.29 is 9.59 Å². The summed E-state index contributed by atoms with van der Waals surface area (Å²) in [6.07, 6.45) is 0.744. The van der Waals surface area contributed by atoms with Crippen LogP contribution in [-0.4, -0.2) is 11.7 Å². The van der Waals surface area contributed by atoms with E-state index in [1.165, 1.54) is 0 Å². The third-order valence-electron chi connectivity index (χ3n) is 2.37. The van der Waals surface area contributed by atoms with Crippen molar-refractivity contribution in [2.75, 3.05) is 0 Å². The molecule has 1 rings (SSSR count). The third-order valence-corrected chi connectivity index (χ3v) is 2.37. The molecule has 0 bridgehead atoms. The van der Waals surface area contributed by atoms with Crippen LogP contribution in [0.25, 0.3) is 0 Å². The summed E-state index contributed by atoms with van der Waals surface area (Å²) in [7, 11) is 0. The van der Waals surface area contributed by atoms with E-state index in [9.17, 15) is 9.59 Å². The average molecular weight is 205 g/mol. The number of hydrogen-bond donors (Lipinski definition) is 1. The van der Waals surface area contributed by atoms with Gasteiger partial charge in [-0.25, -0.2) is 0 Å². The lowest BCUT2D eigenvalue weighted by atomic mass is 9.91. The Morgan fingerprint density at radius 1 is 1.27 bits per heavy atom. The second-order valence-corrected chi connectivity index (χ2v) is 3.58. The van der Waals surface area contributed by atoms with Gasteiger partial charge in [0.05, 0.1) is 0 Å². The van der Waals surface area contributed by atoms with Crippen LogP contribution in [0.1, 0.15) is 31.2 Å². The molecular formula is C12H15NO2. The van der Waals surface area contributed by atoms with E-state index in [0.29, 0.717) is 6.42 Å². The van der Waals surface area contributed by atoms with Crippen molar-refractivity contribution in [2.45, 2.75) is 25.7 Å². The quantitative estimate of drug-likeness (QED) is 0.794. The third kappa shape index (κ3) is 3.54. The standard InChI is InChI=1S/C12H15NO2/c1-9(14)11(7-8-12(13)15)10-5-3-2-4-6-10/h2-6,11H,7-8H2,1H3,(H2,13,15). The van der Waals surface area contributed by atoms with E-state index in [-0.39, 0.29) is 24.0 Å². The lowest BCUT2D eigenvalue weighted by Gasteiger charge is -2.12. The van der Waals surface area contributed by atoms with Crippen LogP contribution in [0.15, 0.2) is 30.3 Å². The first-order valence-corrected chi connectivity index (χ1v) is 4.95. The number of ketones is 1. The lowest BCUT2D eigenvalue weighted by molar-refractivity contribution is -0.119. The highest BCUT2D eigenvalue weighted by Crippen LogP contribution is 2.21. The van der Waals surface area contributed by atoms with Gasteiger partial charge in [-0.05, 0) is 18.9 Å². The molecule has 1 amide bonds. The van der Waals surface area contributed by atoms with E-state index in [2.05, 4.69) is 0 Å². The molecule has 15 heavy (non-hydrogen) atoms. The van der Waals surface area contributed by atoms with Crippen molar-refractivity contribution in [2.24, 2.45) is 5.73 Å². The summed E-state index contributed by atoms with van der Waals surface area (Å²) in [5, 5.41) is 0. The Hall–Kier alpha value is -1.64. The Morgan fingerprint density at radius 2 is 1.87 bits per heavy atom. The number of rotatable bonds is 5. The minimum Gasteiger partial charge on any atom is -0.370 e. The van der Waals surface area contributed by atoms with Gasteiger partial charge in [-0.2, -0.15) is 0 Å². The molecule has 1 atom stereocenters. The Balaban J connectivity index is 2.75. The van der Waals surface area contributed by atoms with Gasteiger partial charge in [-0.15, -0.1) is 0 Å². The first-order chi connectivity index (χ1) is 7.11. The van der Waals surface area contributed by atoms with E-state index in [1.807, 2.05) is 30.3 Å². The van der Waals surface area contributed by atoms with Crippen molar-refractivity contribution in [1.82, 2.24) is 0 Å². The number of carbonyl (C=O) groups is 2. The van der Waals surface area contributed by atoms with Gasteiger partial charge in [-0.1, -0.05) is 30.3 Å². The molecule has 1 unspecified atom stereocenters. The topological polar surface area (TPSA) is 60.2 Å². The van der Waals surface area contributed by atoms with E-state index in [0.717, 1.165) is 5.56 Å². The predicted octanol–water partition coefficient (Wildman–Crippen LogP) is 1.62. The summed E-state index contributed by atoms with van der Waals surface area (Å²) in [5.74, 6) is -0.502. The van der Waals surface area contributed by atoms with E-state index >= 15 is 0 Å². The maximum atomic E-state index is 11.4. The Bertz CT molecular complexity index is 346. The second kappa shape index (κ2) is 5.29. The van der Waals surface area contributed by atoms with Gasteiger partial charge in [-0.3, -0.25) is 9.59 Å². The first-order valence-electron chi connectivity index (χ1n) is 4.95. The molecule has 0 heterocycles. The van der Waals surface area contributed by atoms with Gasteiger partial charge < -0.3 is 5.73 Å². The predicted molar refractivity (Wildman–Crippen MR) is 58.3 cm³/mol. The van der Waals surface area contributed by atoms with Crippen LogP contribution >= 0.6 is 0 Å². The van der Waals surface area contributed by atoms with Crippen LogP contribution in [0.5, 0.6) is 0 Å². The monoisotopic (exact) mass is 205 g/mol. The van der Waals surface area contributed by atoms with Crippen LogP contribution in [0.4, 0.5) is 0 Å². The molecule has 3 nitrogen and oxygen atoms in total. The average Bonchev–Trinajstić information content (AvgIpc) is 2.18. The van der Waals surface area contributed by atoms with Crippen LogP contribution in [0.2, 0.25) is 0 Å². The summed E-state index contributed by atoms with van der Waals surface area (Å²) in [5.41, 5.74) is 6.02. The molecular weight excluding hydrogens is 190 g/mol. The number of nitrogens with two attached hydrogens (primary N) is 1. The molecule has 0 spiro atoms. The van der Waals surface area contributed by atoms with Crippen LogP contribution < -0.4 is 5.73 Å². The molecule has 0 aromatic heterocycles. The zero-order valence-electron chi connectivity index (χ0n) is 8.77. The van der Waals surface area contributed by atoms with E-state index in [1.54, 1.807) is 6.92 Å². The number of amides is 1. The fraction of sp³-hybridized carbons (Fsp3) is 0.333. The molecule has 3 heteroatoms. The fourth-order valence-corrected chi connectivity index (χ4v) is 1.58. The van der Waals surface area contributed by atoms with Gasteiger partial charge in [0.2, 0.25) is 5.91 Å². The lowest BCUT2D eigenvalue weighted by Crippen LogP contribution is -2.15. The molecule has 1 aromatic rings. The number of hydrogen-bond acceptors (Lipinski definition) is 2. The summed E-state index contributed by atoms with van der Waals surface area (Å²) in [4.78, 5) is 22.1. The number of primary amides is 1. The molecule has 0 aliphatic rings. The van der Waals surface area contributed by atoms with Gasteiger partial charge >= 0.3 is 0 Å². The van der Waals surface area contributed by atoms with Crippen molar-refractivity contribution in [3.63, 3.8) is 0 Å². The largest absolute Gasteiger partial charge is 0.370 e. The summed E-state index contributed by atoms with van der Waals surface area (Å²) in [6, 6.07) is 9.46. The highest BCUT2D eigenvalue weighted by molar-refractivity contribution is 5.84. The molecule has 2 N–H and O–H groups in total. The summed E-state index contributed by atoms with van der Waals surface area (Å²) >= 11 is 0. The van der Waals surface area contributed by atoms with Crippen molar-refractivity contribution in [3.05, 3.63) is 35.9 Å². The smallest absolute Gasteiger partial charge is 0.217 e. The van der Waals surface area contributed by atoms with Gasteiger partial charge in [0.1, 0.15) is 5.78 Å². The summed E-state index contributed by atoms with van der Waals surface area (Å²) in [6.45, 7) is 1.54. The molecule has 0 saturated carbocycles. The maximum Gasteiger partial charge on any atom is 0.217 e. The maximum absolute atomic E-state index is 11.4. The normalized spacial score (nSPS) is 12.1.